The largest absolute Gasteiger partial charge is 0.307 e. The number of hydrogen-bond acceptors (Lipinski definition) is 5. The van der Waals surface area contributed by atoms with E-state index in [1.165, 1.54) is 12.1 Å². The summed E-state index contributed by atoms with van der Waals surface area (Å²) in [5.74, 6) is -0.189. The summed E-state index contributed by atoms with van der Waals surface area (Å²) in [6, 6.07) is 9.90. The van der Waals surface area contributed by atoms with Gasteiger partial charge < -0.3 is 4.90 Å². The Kier molecular flexibility index (Phi) is 3.64. The third-order valence-corrected chi connectivity index (χ3v) is 4.74. The number of nitro groups is 1. The fraction of sp³-hybridized carbons (Fsp3) is 0.211. The van der Waals surface area contributed by atoms with Gasteiger partial charge in [-0.15, -0.1) is 0 Å². The number of amides is 1. The summed E-state index contributed by atoms with van der Waals surface area (Å²) in [7, 11) is 0. The summed E-state index contributed by atoms with van der Waals surface area (Å²) in [5, 5.41) is 11.0. The molecular formula is C19H16N4O3. The molecule has 4 rings (SSSR count). The van der Waals surface area contributed by atoms with Crippen LogP contribution in [0.1, 0.15) is 27.3 Å². The van der Waals surface area contributed by atoms with Crippen molar-refractivity contribution in [2.75, 3.05) is 11.4 Å². The molecule has 0 saturated heterocycles. The molecule has 2 heterocycles. The van der Waals surface area contributed by atoms with E-state index in [2.05, 4.69) is 9.97 Å². The van der Waals surface area contributed by atoms with Crippen molar-refractivity contribution < 1.29 is 9.72 Å². The molecule has 7 nitrogen and oxygen atoms in total. The second-order valence-electron chi connectivity index (χ2n) is 6.37. The van der Waals surface area contributed by atoms with Gasteiger partial charge in [0.1, 0.15) is 0 Å². The minimum atomic E-state index is -0.446. The Bertz CT molecular complexity index is 1080. The van der Waals surface area contributed by atoms with Crippen LogP contribution >= 0.6 is 0 Å². The zero-order chi connectivity index (χ0) is 18.4. The molecule has 0 aliphatic carbocycles. The van der Waals surface area contributed by atoms with E-state index in [4.69, 9.17) is 0 Å². The maximum absolute atomic E-state index is 13.0. The quantitative estimate of drug-likeness (QED) is 0.523. The molecule has 1 amide bonds. The van der Waals surface area contributed by atoms with Gasteiger partial charge >= 0.3 is 0 Å². The first-order valence-electron chi connectivity index (χ1n) is 8.28. The first-order chi connectivity index (χ1) is 12.4. The molecule has 3 aromatic rings. The highest BCUT2D eigenvalue weighted by Gasteiger charge is 2.27. The highest BCUT2D eigenvalue weighted by molar-refractivity contribution is 6.08. The molecule has 1 aliphatic rings. The van der Waals surface area contributed by atoms with Crippen LogP contribution in [0.15, 0.2) is 36.4 Å². The predicted octanol–water partition coefficient (Wildman–Crippen LogP) is 3.36. The van der Waals surface area contributed by atoms with Crippen molar-refractivity contribution in [3.8, 4) is 0 Å². The lowest BCUT2D eigenvalue weighted by atomic mass is 10.1. The van der Waals surface area contributed by atoms with E-state index in [1.54, 1.807) is 29.2 Å². The van der Waals surface area contributed by atoms with Gasteiger partial charge in [0.05, 0.1) is 33.0 Å². The van der Waals surface area contributed by atoms with E-state index >= 15 is 0 Å². The lowest BCUT2D eigenvalue weighted by molar-refractivity contribution is -0.384. The maximum Gasteiger partial charge on any atom is 0.271 e. The van der Waals surface area contributed by atoms with Gasteiger partial charge in [-0.3, -0.25) is 14.9 Å². The number of nitrogens with zero attached hydrogens (tertiary/aromatic N) is 4. The van der Waals surface area contributed by atoms with Crippen LogP contribution in [0.25, 0.3) is 11.0 Å². The molecule has 0 atom stereocenters. The van der Waals surface area contributed by atoms with Gasteiger partial charge in [-0.2, -0.15) is 0 Å². The van der Waals surface area contributed by atoms with E-state index in [1.807, 2.05) is 13.8 Å². The summed E-state index contributed by atoms with van der Waals surface area (Å²) >= 11 is 0. The zero-order valence-corrected chi connectivity index (χ0v) is 14.4. The lowest BCUT2D eigenvalue weighted by Gasteiger charge is -2.17. The zero-order valence-electron chi connectivity index (χ0n) is 14.4. The highest BCUT2D eigenvalue weighted by Crippen LogP contribution is 2.33. The normalized spacial score (nSPS) is 13.1. The number of anilines is 1. The SMILES string of the molecule is Cc1nc2ccc(C(=O)N3CCc4ccc([N+](=O)[O-])cc43)cc2nc1C. The number of benzene rings is 2. The Morgan fingerprint density at radius 2 is 1.81 bits per heavy atom. The molecule has 0 fully saturated rings. The average molecular weight is 348 g/mol. The Labute approximate surface area is 149 Å². The Morgan fingerprint density at radius 1 is 1.08 bits per heavy atom. The fourth-order valence-electron chi connectivity index (χ4n) is 3.21. The van der Waals surface area contributed by atoms with Crippen molar-refractivity contribution in [3.63, 3.8) is 0 Å². The molecule has 0 N–H and O–H groups in total. The van der Waals surface area contributed by atoms with Crippen molar-refractivity contribution in [2.24, 2.45) is 0 Å². The van der Waals surface area contributed by atoms with E-state index in [-0.39, 0.29) is 11.6 Å². The van der Waals surface area contributed by atoms with Crippen molar-refractivity contribution in [1.82, 2.24) is 9.97 Å². The first kappa shape index (κ1) is 16.1. The Morgan fingerprint density at radius 3 is 2.54 bits per heavy atom. The number of hydrogen-bond donors (Lipinski definition) is 0. The first-order valence-corrected chi connectivity index (χ1v) is 8.28. The van der Waals surface area contributed by atoms with Crippen LogP contribution < -0.4 is 4.90 Å². The summed E-state index contributed by atoms with van der Waals surface area (Å²) < 4.78 is 0. The molecule has 0 radical (unpaired) electrons. The van der Waals surface area contributed by atoms with Crippen molar-refractivity contribution >= 4 is 28.3 Å². The number of fused-ring (bicyclic) bond motifs is 2. The number of aryl methyl sites for hydroxylation is 2. The summed E-state index contributed by atoms with van der Waals surface area (Å²) in [4.78, 5) is 34.2. The van der Waals surface area contributed by atoms with E-state index in [9.17, 15) is 14.9 Å². The molecule has 2 aromatic carbocycles. The third kappa shape index (κ3) is 2.57. The van der Waals surface area contributed by atoms with Gasteiger partial charge in [-0.05, 0) is 44.0 Å². The van der Waals surface area contributed by atoms with Crippen molar-refractivity contribution in [1.29, 1.82) is 0 Å². The third-order valence-electron chi connectivity index (χ3n) is 4.74. The second-order valence-corrected chi connectivity index (χ2v) is 6.37. The van der Waals surface area contributed by atoms with Gasteiger partial charge in [0.15, 0.2) is 0 Å². The topological polar surface area (TPSA) is 89.2 Å². The summed E-state index contributed by atoms with van der Waals surface area (Å²) in [6.45, 7) is 4.28. The van der Waals surface area contributed by atoms with E-state index in [0.717, 1.165) is 22.5 Å². The van der Waals surface area contributed by atoms with Gasteiger partial charge in [0, 0.05) is 24.2 Å². The molecular weight excluding hydrogens is 332 g/mol. The number of carbonyl (C=O) groups is 1. The van der Waals surface area contributed by atoms with Crippen LogP contribution in [-0.4, -0.2) is 27.3 Å². The molecule has 0 saturated carbocycles. The molecule has 0 bridgehead atoms. The number of non-ortho nitro benzene ring substituents is 1. The lowest BCUT2D eigenvalue weighted by Crippen LogP contribution is -2.28. The smallest absolute Gasteiger partial charge is 0.271 e. The van der Waals surface area contributed by atoms with Crippen LogP contribution in [0.2, 0.25) is 0 Å². The van der Waals surface area contributed by atoms with Gasteiger partial charge in [0.25, 0.3) is 11.6 Å². The molecule has 0 unspecified atom stereocenters. The maximum atomic E-state index is 13.0. The Balaban J connectivity index is 1.73. The molecule has 7 heteroatoms. The second kappa shape index (κ2) is 5.87. The highest BCUT2D eigenvalue weighted by atomic mass is 16.6. The number of aromatic nitrogens is 2. The molecule has 1 aromatic heterocycles. The standard InChI is InChI=1S/C19H16N4O3/c1-11-12(2)21-17-9-14(4-6-16(17)20-11)19(24)22-8-7-13-3-5-15(23(25)26)10-18(13)22/h3-6,9-10H,7-8H2,1-2H3. The summed E-state index contributed by atoms with van der Waals surface area (Å²) in [5.41, 5.74) is 5.11. The van der Waals surface area contributed by atoms with E-state index < -0.39 is 4.92 Å². The molecule has 26 heavy (non-hydrogen) atoms. The van der Waals surface area contributed by atoms with E-state index in [0.29, 0.717) is 29.7 Å². The van der Waals surface area contributed by atoms with Gasteiger partial charge in [-0.1, -0.05) is 6.07 Å². The number of rotatable bonds is 2. The van der Waals surface area contributed by atoms with Crippen LogP contribution in [-0.2, 0) is 6.42 Å². The molecule has 130 valence electrons. The monoisotopic (exact) mass is 348 g/mol. The minimum absolute atomic E-state index is 0.0149. The van der Waals surface area contributed by atoms with Crippen LogP contribution in [0.3, 0.4) is 0 Å². The van der Waals surface area contributed by atoms with Crippen LogP contribution in [0.5, 0.6) is 0 Å². The molecule has 0 spiro atoms. The number of nitro benzene ring substituents is 1. The fourth-order valence-corrected chi connectivity index (χ4v) is 3.21. The molecule has 1 aliphatic heterocycles. The summed E-state index contributed by atoms with van der Waals surface area (Å²) in [6.07, 6.45) is 0.685. The van der Waals surface area contributed by atoms with Crippen LogP contribution in [0.4, 0.5) is 11.4 Å². The average Bonchev–Trinajstić information content (AvgIpc) is 3.04. The minimum Gasteiger partial charge on any atom is -0.307 e. The van der Waals surface area contributed by atoms with Gasteiger partial charge in [0.2, 0.25) is 0 Å². The predicted molar refractivity (Wildman–Crippen MR) is 97.5 cm³/mol. The van der Waals surface area contributed by atoms with Gasteiger partial charge in [-0.25, -0.2) is 9.97 Å². The van der Waals surface area contributed by atoms with Crippen molar-refractivity contribution in [2.45, 2.75) is 20.3 Å². The van der Waals surface area contributed by atoms with Crippen LogP contribution in [0, 0.1) is 24.0 Å². The number of carbonyl (C=O) groups excluding carboxylic acids is 1. The Hall–Kier alpha value is -3.35. The van der Waals surface area contributed by atoms with Crippen molar-refractivity contribution in [3.05, 3.63) is 69.0 Å².